The molecule has 1 amide bonds. The van der Waals surface area contributed by atoms with Crippen molar-refractivity contribution in [2.75, 3.05) is 5.32 Å². The molecule has 1 N–H and O–H groups in total. The van der Waals surface area contributed by atoms with Crippen LogP contribution < -0.4 is 5.32 Å². The van der Waals surface area contributed by atoms with Crippen LogP contribution in [-0.4, -0.2) is 20.5 Å². The zero-order valence-electron chi connectivity index (χ0n) is 15.2. The molecule has 0 aliphatic heterocycles. The standard InChI is InChI=1S/C20H10BrCl2F3N4O/c21-16-17(19(31)28-13-7-6-11(22)8-12(13)23)29-30-15(20(24,25)26)9-14(27-18(16)30)10-4-2-1-3-5-10/h1-9H,(H,28,31). The van der Waals surface area contributed by atoms with E-state index in [4.69, 9.17) is 23.2 Å². The van der Waals surface area contributed by atoms with E-state index in [-0.39, 0.29) is 32.2 Å². The highest BCUT2D eigenvalue weighted by atomic mass is 79.9. The van der Waals surface area contributed by atoms with Gasteiger partial charge in [0, 0.05) is 10.6 Å². The molecule has 31 heavy (non-hydrogen) atoms. The lowest BCUT2D eigenvalue weighted by Crippen LogP contribution is -2.16. The van der Waals surface area contributed by atoms with Gasteiger partial charge >= 0.3 is 6.18 Å². The first-order valence-corrected chi connectivity index (χ1v) is 10.2. The van der Waals surface area contributed by atoms with Crippen LogP contribution in [-0.2, 0) is 6.18 Å². The summed E-state index contributed by atoms with van der Waals surface area (Å²) < 4.78 is 41.9. The van der Waals surface area contributed by atoms with Crippen LogP contribution in [0.2, 0.25) is 10.0 Å². The Labute approximate surface area is 191 Å². The van der Waals surface area contributed by atoms with Crippen LogP contribution in [0.15, 0.2) is 59.1 Å². The average Bonchev–Trinajstić information content (AvgIpc) is 3.06. The van der Waals surface area contributed by atoms with Crippen molar-refractivity contribution in [2.24, 2.45) is 0 Å². The Bertz CT molecular complexity index is 1310. The van der Waals surface area contributed by atoms with E-state index in [0.717, 1.165) is 6.07 Å². The number of aromatic nitrogens is 3. The molecular formula is C20H10BrCl2F3N4O. The molecule has 0 spiro atoms. The smallest absolute Gasteiger partial charge is 0.319 e. The maximum Gasteiger partial charge on any atom is 0.433 e. The number of nitrogens with zero attached hydrogens (tertiary/aromatic N) is 3. The first-order chi connectivity index (χ1) is 14.6. The number of rotatable bonds is 3. The van der Waals surface area contributed by atoms with Crippen molar-refractivity contribution in [1.29, 1.82) is 0 Å². The number of carbonyl (C=O) groups is 1. The summed E-state index contributed by atoms with van der Waals surface area (Å²) in [5, 5.41) is 6.91. The molecule has 0 saturated heterocycles. The number of fused-ring (bicyclic) bond motifs is 1. The van der Waals surface area contributed by atoms with Crippen LogP contribution in [0.5, 0.6) is 0 Å². The summed E-state index contributed by atoms with van der Waals surface area (Å²) in [6.45, 7) is 0. The number of amides is 1. The highest BCUT2D eigenvalue weighted by Crippen LogP contribution is 2.35. The number of carbonyl (C=O) groups excluding carboxylic acids is 1. The Morgan fingerprint density at radius 3 is 2.42 bits per heavy atom. The number of hydrogen-bond acceptors (Lipinski definition) is 3. The van der Waals surface area contributed by atoms with Gasteiger partial charge in [0.25, 0.3) is 5.91 Å². The molecule has 2 heterocycles. The van der Waals surface area contributed by atoms with E-state index in [2.05, 4.69) is 31.3 Å². The van der Waals surface area contributed by atoms with Crippen LogP contribution in [0, 0.1) is 0 Å². The molecule has 11 heteroatoms. The fourth-order valence-electron chi connectivity index (χ4n) is 2.87. The third-order valence-corrected chi connectivity index (χ3v) is 5.57. The van der Waals surface area contributed by atoms with Gasteiger partial charge in [-0.2, -0.15) is 18.3 Å². The topological polar surface area (TPSA) is 59.3 Å². The zero-order valence-corrected chi connectivity index (χ0v) is 18.3. The second-order valence-electron chi connectivity index (χ2n) is 6.37. The SMILES string of the molecule is O=C(Nc1ccc(Cl)cc1Cl)c1nn2c(C(F)(F)F)cc(-c3ccccc3)nc2c1Br. The van der Waals surface area contributed by atoms with Crippen LogP contribution in [0.1, 0.15) is 16.2 Å². The molecule has 4 rings (SSSR count). The van der Waals surface area contributed by atoms with Crippen molar-refractivity contribution in [2.45, 2.75) is 6.18 Å². The molecule has 2 aromatic heterocycles. The van der Waals surface area contributed by atoms with E-state index in [0.29, 0.717) is 15.1 Å². The van der Waals surface area contributed by atoms with Gasteiger partial charge in [-0.05, 0) is 40.2 Å². The summed E-state index contributed by atoms with van der Waals surface area (Å²) in [7, 11) is 0. The van der Waals surface area contributed by atoms with Gasteiger partial charge in [0.2, 0.25) is 0 Å². The van der Waals surface area contributed by atoms with Crippen molar-refractivity contribution >= 4 is 56.4 Å². The van der Waals surface area contributed by atoms with E-state index in [1.807, 2.05) is 0 Å². The molecule has 158 valence electrons. The minimum absolute atomic E-state index is 0.0124. The molecule has 5 nitrogen and oxygen atoms in total. The Morgan fingerprint density at radius 1 is 1.06 bits per heavy atom. The Kier molecular flexibility index (Phi) is 5.67. The third-order valence-electron chi connectivity index (χ3n) is 4.29. The maximum atomic E-state index is 13.8. The highest BCUT2D eigenvalue weighted by molar-refractivity contribution is 9.10. The second-order valence-corrected chi connectivity index (χ2v) is 8.00. The monoisotopic (exact) mass is 528 g/mol. The highest BCUT2D eigenvalue weighted by Gasteiger charge is 2.36. The van der Waals surface area contributed by atoms with Crippen molar-refractivity contribution in [3.8, 4) is 11.3 Å². The number of hydrogen-bond donors (Lipinski definition) is 1. The van der Waals surface area contributed by atoms with Crippen LogP contribution >= 0.6 is 39.1 Å². The molecule has 0 aliphatic rings. The molecule has 0 aliphatic carbocycles. The van der Waals surface area contributed by atoms with Gasteiger partial charge in [0.05, 0.1) is 20.9 Å². The Hall–Kier alpha value is -2.62. The number of anilines is 1. The number of nitrogens with one attached hydrogen (secondary N) is 1. The average molecular weight is 530 g/mol. The van der Waals surface area contributed by atoms with E-state index < -0.39 is 17.8 Å². The molecule has 0 fully saturated rings. The Balaban J connectivity index is 1.84. The first kappa shape index (κ1) is 21.6. The van der Waals surface area contributed by atoms with Gasteiger partial charge in [0.1, 0.15) is 0 Å². The number of halogens is 6. The largest absolute Gasteiger partial charge is 0.433 e. The van der Waals surface area contributed by atoms with E-state index in [9.17, 15) is 18.0 Å². The number of alkyl halides is 3. The maximum absolute atomic E-state index is 13.8. The van der Waals surface area contributed by atoms with E-state index in [1.54, 1.807) is 30.3 Å². The molecule has 0 bridgehead atoms. The van der Waals surface area contributed by atoms with E-state index in [1.165, 1.54) is 18.2 Å². The lowest BCUT2D eigenvalue weighted by atomic mass is 10.1. The number of benzene rings is 2. The van der Waals surface area contributed by atoms with Gasteiger partial charge in [0.15, 0.2) is 17.0 Å². The lowest BCUT2D eigenvalue weighted by molar-refractivity contribution is -0.142. The Morgan fingerprint density at radius 2 is 1.77 bits per heavy atom. The van der Waals surface area contributed by atoms with Crippen LogP contribution in [0.3, 0.4) is 0 Å². The summed E-state index contributed by atoms with van der Waals surface area (Å²) in [4.78, 5) is 17.0. The second kappa shape index (κ2) is 8.14. The fraction of sp³-hybridized carbons (Fsp3) is 0.0500. The summed E-state index contributed by atoms with van der Waals surface area (Å²) in [5.41, 5.74) is -0.693. The molecule has 0 radical (unpaired) electrons. The normalized spacial score (nSPS) is 11.7. The fourth-order valence-corrected chi connectivity index (χ4v) is 3.84. The summed E-state index contributed by atoms with van der Waals surface area (Å²) in [6, 6.07) is 13.7. The lowest BCUT2D eigenvalue weighted by Gasteiger charge is -2.11. The van der Waals surface area contributed by atoms with Crippen molar-refractivity contribution in [3.63, 3.8) is 0 Å². The molecule has 0 unspecified atom stereocenters. The zero-order chi connectivity index (χ0) is 22.3. The van der Waals surface area contributed by atoms with Gasteiger partial charge in [-0.3, -0.25) is 4.79 Å². The summed E-state index contributed by atoms with van der Waals surface area (Å²) in [6.07, 6.45) is -4.73. The van der Waals surface area contributed by atoms with Crippen LogP contribution in [0.4, 0.5) is 18.9 Å². The quantitative estimate of drug-likeness (QED) is 0.320. The minimum Gasteiger partial charge on any atom is -0.319 e. The third kappa shape index (κ3) is 4.26. The van der Waals surface area contributed by atoms with Gasteiger partial charge in [-0.15, -0.1) is 0 Å². The molecule has 2 aromatic carbocycles. The van der Waals surface area contributed by atoms with E-state index >= 15 is 0 Å². The molecular weight excluding hydrogens is 520 g/mol. The predicted molar refractivity (Wildman–Crippen MR) is 116 cm³/mol. The molecule has 0 saturated carbocycles. The van der Waals surface area contributed by atoms with Crippen molar-refractivity contribution in [3.05, 3.63) is 80.5 Å². The minimum atomic E-state index is -4.73. The summed E-state index contributed by atoms with van der Waals surface area (Å²) in [5.74, 6) is -0.768. The predicted octanol–water partition coefficient (Wildman–Crippen LogP) is 6.74. The molecule has 4 aromatic rings. The molecule has 0 atom stereocenters. The van der Waals surface area contributed by atoms with Gasteiger partial charge < -0.3 is 5.32 Å². The first-order valence-electron chi connectivity index (χ1n) is 8.63. The van der Waals surface area contributed by atoms with Crippen molar-refractivity contribution in [1.82, 2.24) is 14.6 Å². The van der Waals surface area contributed by atoms with Gasteiger partial charge in [-0.25, -0.2) is 9.50 Å². The van der Waals surface area contributed by atoms with Crippen LogP contribution in [0.25, 0.3) is 16.9 Å². The summed E-state index contributed by atoms with van der Waals surface area (Å²) >= 11 is 15.1. The van der Waals surface area contributed by atoms with Crippen molar-refractivity contribution < 1.29 is 18.0 Å². The van der Waals surface area contributed by atoms with Gasteiger partial charge in [-0.1, -0.05) is 53.5 Å².